The fourth-order valence-electron chi connectivity index (χ4n) is 4.15. The molecule has 36 heavy (non-hydrogen) atoms. The molecular formula is C26H32ClN3O5S. The van der Waals surface area contributed by atoms with Gasteiger partial charge in [-0.25, -0.2) is 12.7 Å². The van der Waals surface area contributed by atoms with Crippen LogP contribution in [0, 0.1) is 0 Å². The molecule has 0 fully saturated rings. The number of benzene rings is 2. The van der Waals surface area contributed by atoms with Gasteiger partial charge in [0.05, 0.1) is 5.56 Å². The first-order chi connectivity index (χ1) is 16.9. The molecule has 1 heterocycles. The summed E-state index contributed by atoms with van der Waals surface area (Å²) in [5, 5.41) is 3.41. The van der Waals surface area contributed by atoms with Crippen LogP contribution in [0.5, 0.6) is 0 Å². The number of nitrogens with one attached hydrogen (secondary N) is 1. The highest BCUT2D eigenvalue weighted by atomic mass is 35.5. The summed E-state index contributed by atoms with van der Waals surface area (Å²) < 4.78 is 26.4. The van der Waals surface area contributed by atoms with Crippen LogP contribution >= 0.6 is 11.6 Å². The molecule has 194 valence electrons. The number of rotatable bonds is 9. The average molecular weight is 534 g/mol. The quantitative estimate of drug-likeness (QED) is 0.525. The van der Waals surface area contributed by atoms with Crippen molar-refractivity contribution in [2.75, 3.05) is 6.54 Å². The maximum absolute atomic E-state index is 13.4. The van der Waals surface area contributed by atoms with Crippen LogP contribution in [0.15, 0.2) is 53.4 Å². The molecule has 1 aliphatic heterocycles. The lowest BCUT2D eigenvalue weighted by Crippen LogP contribution is -2.53. The van der Waals surface area contributed by atoms with E-state index in [1.165, 1.54) is 17.0 Å². The maximum Gasteiger partial charge on any atom is 0.269 e. The molecule has 2 aromatic rings. The standard InChI is InChI=1S/C26H32ClN3O5S/c1-5-21(24(32)28-26(2,3)4)29(17-18-11-6-8-13-20(18)27)23(31)15-10-16-30-25(33)19-12-7-9-14-22(19)36(30,34)35/h6-9,11-14,21H,5,10,15-17H2,1-4H3,(H,28,32). The van der Waals surface area contributed by atoms with E-state index in [0.717, 1.165) is 4.31 Å². The molecule has 8 nitrogen and oxygen atoms in total. The number of carbonyl (C=O) groups excluding carboxylic acids is 3. The molecule has 10 heteroatoms. The highest BCUT2D eigenvalue weighted by Crippen LogP contribution is 2.30. The molecule has 2 aromatic carbocycles. The minimum Gasteiger partial charge on any atom is -0.350 e. The molecule has 3 amide bonds. The largest absolute Gasteiger partial charge is 0.350 e. The molecule has 0 aromatic heterocycles. The third-order valence-corrected chi connectivity index (χ3v) is 8.06. The van der Waals surface area contributed by atoms with E-state index in [0.29, 0.717) is 17.0 Å². The number of amides is 3. The van der Waals surface area contributed by atoms with Crippen LogP contribution in [0.3, 0.4) is 0 Å². The van der Waals surface area contributed by atoms with Gasteiger partial charge in [0.2, 0.25) is 11.8 Å². The molecule has 0 spiro atoms. The summed E-state index contributed by atoms with van der Waals surface area (Å²) >= 11 is 6.34. The number of hydrogen-bond acceptors (Lipinski definition) is 5. The normalized spacial score (nSPS) is 15.4. The van der Waals surface area contributed by atoms with Crippen molar-refractivity contribution in [3.05, 3.63) is 64.7 Å². The summed E-state index contributed by atoms with van der Waals surface area (Å²) in [6, 6.07) is 12.4. The van der Waals surface area contributed by atoms with Gasteiger partial charge in [-0.3, -0.25) is 14.4 Å². The van der Waals surface area contributed by atoms with E-state index in [1.807, 2.05) is 33.8 Å². The number of fused-ring (bicyclic) bond motifs is 1. The smallest absolute Gasteiger partial charge is 0.269 e. The van der Waals surface area contributed by atoms with Crippen molar-refractivity contribution < 1.29 is 22.8 Å². The highest BCUT2D eigenvalue weighted by molar-refractivity contribution is 7.90. The minimum absolute atomic E-state index is 0.0217. The molecule has 3 rings (SSSR count). The van der Waals surface area contributed by atoms with Gasteiger partial charge in [-0.15, -0.1) is 0 Å². The van der Waals surface area contributed by atoms with Crippen molar-refractivity contribution in [2.24, 2.45) is 0 Å². The Kier molecular flexibility index (Phi) is 8.46. The zero-order valence-electron chi connectivity index (χ0n) is 21.0. The zero-order chi connectivity index (χ0) is 26.7. The number of nitrogens with zero attached hydrogens (tertiary/aromatic N) is 2. The van der Waals surface area contributed by atoms with Gasteiger partial charge in [0.25, 0.3) is 15.9 Å². The Hall–Kier alpha value is -2.91. The maximum atomic E-state index is 13.4. The van der Waals surface area contributed by atoms with Crippen molar-refractivity contribution in [1.82, 2.24) is 14.5 Å². The Morgan fingerprint density at radius 1 is 1.08 bits per heavy atom. The summed E-state index contributed by atoms with van der Waals surface area (Å²) in [6.45, 7) is 7.41. The van der Waals surface area contributed by atoms with Crippen LogP contribution < -0.4 is 5.32 Å². The molecule has 0 radical (unpaired) electrons. The van der Waals surface area contributed by atoms with Gasteiger partial charge >= 0.3 is 0 Å². The van der Waals surface area contributed by atoms with E-state index in [1.54, 1.807) is 30.3 Å². The second-order valence-electron chi connectivity index (χ2n) is 9.76. The van der Waals surface area contributed by atoms with Gasteiger partial charge in [-0.2, -0.15) is 0 Å². The molecule has 1 unspecified atom stereocenters. The van der Waals surface area contributed by atoms with Gasteiger partial charge in [0.1, 0.15) is 10.9 Å². The third-order valence-electron chi connectivity index (χ3n) is 5.85. The van der Waals surface area contributed by atoms with Crippen LogP contribution in [0.1, 0.15) is 62.9 Å². The number of hydrogen-bond donors (Lipinski definition) is 1. The van der Waals surface area contributed by atoms with E-state index in [4.69, 9.17) is 11.6 Å². The Balaban J connectivity index is 1.77. The first-order valence-electron chi connectivity index (χ1n) is 11.9. The highest BCUT2D eigenvalue weighted by Gasteiger charge is 2.40. The molecule has 0 saturated carbocycles. The number of sulfonamides is 1. The first kappa shape index (κ1) is 27.7. The molecular weight excluding hydrogens is 502 g/mol. The molecule has 0 saturated heterocycles. The summed E-state index contributed by atoms with van der Waals surface area (Å²) in [6.07, 6.45) is 0.458. The number of halogens is 1. The lowest BCUT2D eigenvalue weighted by Gasteiger charge is -2.33. The van der Waals surface area contributed by atoms with Crippen LogP contribution in [0.2, 0.25) is 5.02 Å². The van der Waals surface area contributed by atoms with Crippen LogP contribution in [-0.2, 0) is 26.2 Å². The predicted octanol–water partition coefficient (Wildman–Crippen LogP) is 3.99. The fourth-order valence-corrected chi connectivity index (χ4v) is 5.96. The topological polar surface area (TPSA) is 104 Å². The number of carbonyl (C=O) groups is 3. The van der Waals surface area contributed by atoms with Gasteiger partial charge in [0.15, 0.2) is 0 Å². The molecule has 1 atom stereocenters. The lowest BCUT2D eigenvalue weighted by molar-refractivity contribution is -0.142. The SMILES string of the molecule is CCC(C(=O)NC(C)(C)C)N(Cc1ccccc1Cl)C(=O)CCCN1C(=O)c2ccccc2S1(=O)=O. The van der Waals surface area contributed by atoms with Crippen molar-refractivity contribution in [2.45, 2.75) is 70.0 Å². The Bertz CT molecular complexity index is 1260. The van der Waals surface area contributed by atoms with Crippen molar-refractivity contribution in [3.8, 4) is 0 Å². The Morgan fingerprint density at radius 3 is 2.33 bits per heavy atom. The van der Waals surface area contributed by atoms with Gasteiger partial charge in [-0.1, -0.05) is 48.9 Å². The summed E-state index contributed by atoms with van der Waals surface area (Å²) in [5.41, 5.74) is 0.347. The van der Waals surface area contributed by atoms with E-state index in [9.17, 15) is 22.8 Å². The van der Waals surface area contributed by atoms with Crippen molar-refractivity contribution in [1.29, 1.82) is 0 Å². The second-order valence-corrected chi connectivity index (χ2v) is 12.0. The summed E-state index contributed by atoms with van der Waals surface area (Å²) in [4.78, 5) is 40.6. The van der Waals surface area contributed by atoms with Gasteiger partial charge < -0.3 is 10.2 Å². The van der Waals surface area contributed by atoms with E-state index < -0.39 is 27.5 Å². The van der Waals surface area contributed by atoms with Crippen LogP contribution in [-0.4, -0.2) is 53.5 Å². The average Bonchev–Trinajstić information content (AvgIpc) is 2.99. The monoisotopic (exact) mass is 533 g/mol. The molecule has 0 bridgehead atoms. The predicted molar refractivity (Wildman–Crippen MR) is 138 cm³/mol. The van der Waals surface area contributed by atoms with Gasteiger partial charge in [0, 0.05) is 30.1 Å². The Labute approximate surface area is 217 Å². The van der Waals surface area contributed by atoms with Gasteiger partial charge in [-0.05, 0) is 57.4 Å². The Morgan fingerprint density at radius 2 is 1.72 bits per heavy atom. The fraction of sp³-hybridized carbons (Fsp3) is 0.423. The minimum atomic E-state index is -3.95. The summed E-state index contributed by atoms with van der Waals surface area (Å²) in [5.74, 6) is -1.20. The van der Waals surface area contributed by atoms with E-state index in [2.05, 4.69) is 5.32 Å². The zero-order valence-corrected chi connectivity index (χ0v) is 22.5. The second kappa shape index (κ2) is 11.0. The summed E-state index contributed by atoms with van der Waals surface area (Å²) in [7, 11) is -3.95. The first-order valence-corrected chi connectivity index (χ1v) is 13.7. The molecule has 1 N–H and O–H groups in total. The van der Waals surface area contributed by atoms with E-state index in [-0.39, 0.29) is 48.2 Å². The van der Waals surface area contributed by atoms with Crippen molar-refractivity contribution >= 4 is 39.3 Å². The van der Waals surface area contributed by atoms with Crippen molar-refractivity contribution in [3.63, 3.8) is 0 Å². The van der Waals surface area contributed by atoms with Crippen LogP contribution in [0.25, 0.3) is 0 Å². The van der Waals surface area contributed by atoms with E-state index >= 15 is 0 Å². The molecule has 0 aliphatic carbocycles. The third kappa shape index (κ3) is 6.07. The van der Waals surface area contributed by atoms with Crippen LogP contribution in [0.4, 0.5) is 0 Å². The molecule has 1 aliphatic rings. The lowest BCUT2D eigenvalue weighted by atomic mass is 10.0.